The van der Waals surface area contributed by atoms with Crippen molar-refractivity contribution in [3.8, 4) is 0 Å². The average Bonchev–Trinajstić information content (AvgIpc) is 3.89. The molecule has 0 aromatic heterocycles. The van der Waals surface area contributed by atoms with E-state index in [-0.39, 0.29) is 16.4 Å². The topological polar surface area (TPSA) is 46.2 Å². The molecule has 0 bridgehead atoms. The minimum atomic E-state index is -0.375. The van der Waals surface area contributed by atoms with Gasteiger partial charge in [-0.2, -0.15) is 4.89 Å². The third-order valence-electron chi connectivity index (χ3n) is 13.6. The molecule has 0 amide bonds. The summed E-state index contributed by atoms with van der Waals surface area (Å²) in [4.78, 5) is 13.3. The van der Waals surface area contributed by atoms with Crippen LogP contribution in [0.3, 0.4) is 0 Å². The first-order chi connectivity index (χ1) is 24.2. The molecule has 0 radical (unpaired) electrons. The van der Waals surface area contributed by atoms with Crippen LogP contribution in [0.4, 0.5) is 0 Å². The van der Waals surface area contributed by atoms with Crippen LogP contribution in [0.5, 0.6) is 0 Å². The smallest absolute Gasteiger partial charge is 0.166 e. The van der Waals surface area contributed by atoms with Crippen LogP contribution < -0.4 is 0 Å². The summed E-state index contributed by atoms with van der Waals surface area (Å²) in [6.07, 6.45) is 38.6. The predicted molar refractivity (Wildman–Crippen MR) is 198 cm³/mol. The average molecular weight is 681 g/mol. The van der Waals surface area contributed by atoms with Crippen LogP contribution in [0.25, 0.3) is 0 Å². The monoisotopic (exact) mass is 681 g/mol. The first-order valence-corrected chi connectivity index (χ1v) is 21.6. The molecule has 5 nitrogen and oxygen atoms in total. The minimum absolute atomic E-state index is 0.0501. The third kappa shape index (κ3) is 8.68. The van der Waals surface area contributed by atoms with E-state index >= 15 is 0 Å². The van der Waals surface area contributed by atoms with Gasteiger partial charge in [-0.25, -0.2) is 0 Å². The fraction of sp³-hybridized carbons (Fsp3) is 0.864. The molecule has 6 fully saturated rings. The Morgan fingerprint density at radius 1 is 0.531 bits per heavy atom. The van der Waals surface area contributed by atoms with Gasteiger partial charge in [0.15, 0.2) is 5.76 Å². The summed E-state index contributed by atoms with van der Waals surface area (Å²) < 4.78 is 13.0. The molecular formula is C44H72O5. The van der Waals surface area contributed by atoms with Crippen molar-refractivity contribution in [2.45, 2.75) is 218 Å². The Hall–Kier alpha value is -1.30. The summed E-state index contributed by atoms with van der Waals surface area (Å²) in [7, 11) is 0. The summed E-state index contributed by atoms with van der Waals surface area (Å²) in [5.74, 6) is 3.51. The minimum Gasteiger partial charge on any atom is -0.463 e. The Kier molecular flexibility index (Phi) is 14.1. The van der Waals surface area contributed by atoms with Crippen LogP contribution in [0.15, 0.2) is 34.0 Å². The molecule has 278 valence electrons. The van der Waals surface area contributed by atoms with Crippen molar-refractivity contribution in [3.63, 3.8) is 0 Å². The Labute approximate surface area is 300 Å². The maximum atomic E-state index is 7.22. The van der Waals surface area contributed by atoms with Gasteiger partial charge in [0.25, 0.3) is 0 Å². The van der Waals surface area contributed by atoms with Crippen LogP contribution in [-0.2, 0) is 24.3 Å². The molecule has 0 atom stereocenters. The van der Waals surface area contributed by atoms with Crippen molar-refractivity contribution in [3.05, 3.63) is 34.0 Å². The third-order valence-corrected chi connectivity index (χ3v) is 13.6. The summed E-state index contributed by atoms with van der Waals surface area (Å²) in [5.41, 5.74) is 3.98. The Bertz CT molecular complexity index is 1050. The lowest BCUT2D eigenvalue weighted by Gasteiger charge is -2.49. The fourth-order valence-corrected chi connectivity index (χ4v) is 10.0. The number of hydrogen-bond acceptors (Lipinski definition) is 5. The summed E-state index contributed by atoms with van der Waals surface area (Å²) in [6.45, 7) is 6.20. The molecule has 6 rings (SSSR count). The lowest BCUT2D eigenvalue weighted by Crippen LogP contribution is -2.53. The van der Waals surface area contributed by atoms with E-state index in [4.69, 9.17) is 24.3 Å². The Balaban J connectivity index is 1.41. The van der Waals surface area contributed by atoms with Crippen molar-refractivity contribution in [2.75, 3.05) is 13.2 Å². The van der Waals surface area contributed by atoms with E-state index in [0.29, 0.717) is 0 Å². The van der Waals surface area contributed by atoms with E-state index in [2.05, 4.69) is 13.8 Å². The summed E-state index contributed by atoms with van der Waals surface area (Å²) >= 11 is 0. The molecule has 6 aliphatic rings. The highest BCUT2D eigenvalue weighted by molar-refractivity contribution is 5.48. The Morgan fingerprint density at radius 3 is 1.29 bits per heavy atom. The van der Waals surface area contributed by atoms with Crippen LogP contribution >= 0.6 is 0 Å². The van der Waals surface area contributed by atoms with E-state index in [1.54, 1.807) is 11.1 Å². The lowest BCUT2D eigenvalue weighted by atomic mass is 9.67. The van der Waals surface area contributed by atoms with E-state index in [1.165, 1.54) is 152 Å². The molecule has 2 saturated heterocycles. The zero-order valence-corrected chi connectivity index (χ0v) is 31.9. The van der Waals surface area contributed by atoms with Crippen LogP contribution in [0, 0.1) is 10.8 Å². The van der Waals surface area contributed by atoms with E-state index in [1.807, 2.05) is 0 Å². The second kappa shape index (κ2) is 18.5. The van der Waals surface area contributed by atoms with Crippen molar-refractivity contribution in [1.29, 1.82) is 0 Å². The quantitative estimate of drug-likeness (QED) is 0.145. The normalized spacial score (nSPS) is 27.2. The number of ether oxygens (including phenoxy) is 2. The van der Waals surface area contributed by atoms with Gasteiger partial charge < -0.3 is 14.4 Å². The van der Waals surface area contributed by atoms with Gasteiger partial charge >= 0.3 is 0 Å². The fourth-order valence-electron chi connectivity index (χ4n) is 10.0. The maximum absolute atomic E-state index is 7.22. The first kappa shape index (κ1) is 37.5. The first-order valence-electron chi connectivity index (χ1n) is 21.6. The largest absolute Gasteiger partial charge is 0.463 e. The van der Waals surface area contributed by atoms with E-state index in [0.717, 1.165) is 83.2 Å². The molecular weight excluding hydrogens is 608 g/mol. The molecule has 0 aromatic rings. The molecule has 0 spiro atoms. The summed E-state index contributed by atoms with van der Waals surface area (Å²) in [5, 5.41) is 6.19. The number of allylic oxidation sites excluding steroid dienone is 3. The summed E-state index contributed by atoms with van der Waals surface area (Å²) in [6, 6.07) is 0. The number of rotatable bonds is 8. The highest BCUT2D eigenvalue weighted by Crippen LogP contribution is 2.62. The van der Waals surface area contributed by atoms with Gasteiger partial charge in [-0.3, -0.25) is 0 Å². The van der Waals surface area contributed by atoms with Gasteiger partial charge in [0, 0.05) is 5.41 Å². The van der Waals surface area contributed by atoms with Crippen LogP contribution in [0.1, 0.15) is 213 Å². The SMILES string of the molecule is CCC1(C(OOOC2(C3(CC)COC3)CC2)=C2CCCCCCCCC2)C(=C2CCCCCCCCC2)OC1=C1CCCCCCCCC1. The Morgan fingerprint density at radius 2 is 0.939 bits per heavy atom. The molecule has 0 unspecified atom stereocenters. The molecule has 4 saturated carbocycles. The van der Waals surface area contributed by atoms with Gasteiger partial charge in [0.2, 0.25) is 0 Å². The van der Waals surface area contributed by atoms with E-state index in [9.17, 15) is 0 Å². The van der Waals surface area contributed by atoms with E-state index < -0.39 is 0 Å². The zero-order valence-electron chi connectivity index (χ0n) is 31.9. The lowest BCUT2D eigenvalue weighted by molar-refractivity contribution is -0.535. The van der Waals surface area contributed by atoms with Crippen LogP contribution in [-0.4, -0.2) is 18.8 Å². The van der Waals surface area contributed by atoms with Crippen molar-refractivity contribution >= 4 is 0 Å². The van der Waals surface area contributed by atoms with Crippen molar-refractivity contribution in [2.24, 2.45) is 10.8 Å². The maximum Gasteiger partial charge on any atom is 0.166 e. The van der Waals surface area contributed by atoms with Crippen molar-refractivity contribution < 1.29 is 24.3 Å². The second-order valence-corrected chi connectivity index (χ2v) is 16.9. The molecule has 0 N–H and O–H groups in total. The zero-order chi connectivity index (χ0) is 33.8. The van der Waals surface area contributed by atoms with Gasteiger partial charge in [-0.05, 0) is 124 Å². The van der Waals surface area contributed by atoms with Crippen LogP contribution in [0.2, 0.25) is 0 Å². The number of hydrogen-bond donors (Lipinski definition) is 0. The molecule has 49 heavy (non-hydrogen) atoms. The second-order valence-electron chi connectivity index (χ2n) is 16.9. The molecule has 2 heterocycles. The molecule has 2 aliphatic heterocycles. The predicted octanol–water partition coefficient (Wildman–Crippen LogP) is 13.6. The molecule has 4 aliphatic carbocycles. The molecule has 0 aromatic carbocycles. The van der Waals surface area contributed by atoms with Gasteiger partial charge in [0.05, 0.1) is 13.2 Å². The molecule has 5 heteroatoms. The highest BCUT2D eigenvalue weighted by Gasteiger charge is 2.65. The highest BCUT2D eigenvalue weighted by atomic mass is 17.5. The van der Waals surface area contributed by atoms with Gasteiger partial charge in [-0.15, -0.1) is 0 Å². The van der Waals surface area contributed by atoms with Crippen molar-refractivity contribution in [1.82, 2.24) is 0 Å². The van der Waals surface area contributed by atoms with Gasteiger partial charge in [-0.1, -0.05) is 110 Å². The standard InChI is InChI=1S/C44H72O5/c1-3-42(34-45-35-42)43(32-33-43)48-49-47-41(38-30-24-18-12-7-13-19-25-31-38)44(4-2)39(36-26-20-14-8-5-9-15-21-27-36)46-40(44)37-28-22-16-10-6-11-17-23-29-37/h3-35H2,1-2H3. The van der Waals surface area contributed by atoms with Gasteiger partial charge in [0.1, 0.15) is 22.5 Å².